The fourth-order valence-electron chi connectivity index (χ4n) is 2.09. The van der Waals surface area contributed by atoms with Gasteiger partial charge in [0.1, 0.15) is 0 Å². The number of aryl methyl sites for hydroxylation is 2. The molecular formula is C15H20N4OS. The van der Waals surface area contributed by atoms with Gasteiger partial charge in [0.25, 0.3) is 0 Å². The van der Waals surface area contributed by atoms with Crippen LogP contribution in [0.15, 0.2) is 35.7 Å². The van der Waals surface area contributed by atoms with Crippen LogP contribution in [-0.2, 0) is 4.79 Å². The Balaban J connectivity index is 2.13. The molecular weight excluding hydrogens is 284 g/mol. The number of hydrogen-bond donors (Lipinski definition) is 1. The molecule has 5 nitrogen and oxygen atoms in total. The van der Waals surface area contributed by atoms with Crippen molar-refractivity contribution >= 4 is 17.7 Å². The molecule has 6 heteroatoms. The fourth-order valence-corrected chi connectivity index (χ4v) is 2.86. The molecule has 1 heterocycles. The van der Waals surface area contributed by atoms with Crippen LogP contribution in [0.1, 0.15) is 11.1 Å². The van der Waals surface area contributed by atoms with Gasteiger partial charge >= 0.3 is 0 Å². The molecule has 21 heavy (non-hydrogen) atoms. The van der Waals surface area contributed by atoms with Crippen LogP contribution in [0.25, 0.3) is 5.69 Å². The highest BCUT2D eigenvalue weighted by molar-refractivity contribution is 7.99. The number of carbonyl (C=O) groups excluding carboxylic acids is 1. The van der Waals surface area contributed by atoms with Crippen LogP contribution in [0.5, 0.6) is 0 Å². The smallest absolute Gasteiger partial charge is 0.244 e. The first-order chi connectivity index (χ1) is 9.95. The number of nitrogens with one attached hydrogen (secondary N) is 1. The lowest BCUT2D eigenvalue weighted by molar-refractivity contribution is -0.122. The third-order valence-corrected chi connectivity index (χ3v) is 3.74. The lowest BCUT2D eigenvalue weighted by atomic mass is 10.1. The number of thioether (sulfide) groups is 1. The van der Waals surface area contributed by atoms with E-state index < -0.39 is 0 Å². The van der Waals surface area contributed by atoms with Gasteiger partial charge in [-0.05, 0) is 37.1 Å². The van der Waals surface area contributed by atoms with Crippen molar-refractivity contribution in [3.63, 3.8) is 0 Å². The predicted octanol–water partition coefficient (Wildman–Crippen LogP) is 2.17. The Kier molecular flexibility index (Phi) is 5.03. The highest BCUT2D eigenvalue weighted by atomic mass is 32.2. The fraction of sp³-hybridized carbons (Fsp3) is 0.333. The van der Waals surface area contributed by atoms with Crippen LogP contribution < -0.4 is 5.43 Å². The summed E-state index contributed by atoms with van der Waals surface area (Å²) in [6, 6.07) is 6.36. The summed E-state index contributed by atoms with van der Waals surface area (Å²) in [5.41, 5.74) is 6.21. The molecule has 0 aliphatic rings. The van der Waals surface area contributed by atoms with Crippen LogP contribution in [0, 0.1) is 13.8 Å². The lowest BCUT2D eigenvalue weighted by Crippen LogP contribution is -2.37. The van der Waals surface area contributed by atoms with E-state index in [4.69, 9.17) is 0 Å². The Hall–Kier alpha value is -1.79. The van der Waals surface area contributed by atoms with Crippen molar-refractivity contribution in [1.82, 2.24) is 20.0 Å². The molecule has 0 saturated heterocycles. The molecule has 0 spiro atoms. The zero-order valence-corrected chi connectivity index (χ0v) is 13.6. The van der Waals surface area contributed by atoms with E-state index in [1.165, 1.54) is 22.9 Å². The molecule has 0 aliphatic heterocycles. The normalized spacial score (nSPS) is 10.9. The van der Waals surface area contributed by atoms with Gasteiger partial charge < -0.3 is 0 Å². The highest BCUT2D eigenvalue weighted by Gasteiger charge is 2.10. The Morgan fingerprint density at radius 3 is 2.57 bits per heavy atom. The number of amides is 1. The van der Waals surface area contributed by atoms with Crippen molar-refractivity contribution in [2.75, 3.05) is 19.8 Å². The van der Waals surface area contributed by atoms with Crippen molar-refractivity contribution in [3.05, 3.63) is 41.7 Å². The van der Waals surface area contributed by atoms with E-state index in [2.05, 4.69) is 42.5 Å². The van der Waals surface area contributed by atoms with Crippen LogP contribution in [-0.4, -0.2) is 40.3 Å². The SMILES string of the molecule is Cc1cc(C)cc(-n2ccnc2SCC(=O)NN(C)C)c1. The minimum atomic E-state index is -0.0417. The summed E-state index contributed by atoms with van der Waals surface area (Å²) >= 11 is 1.42. The number of aromatic nitrogens is 2. The molecule has 0 fully saturated rings. The minimum absolute atomic E-state index is 0.0417. The van der Waals surface area contributed by atoms with Crippen LogP contribution >= 0.6 is 11.8 Å². The maximum absolute atomic E-state index is 11.7. The number of nitrogens with zero attached hydrogens (tertiary/aromatic N) is 3. The van der Waals surface area contributed by atoms with Crippen molar-refractivity contribution in [1.29, 1.82) is 0 Å². The number of carbonyl (C=O) groups is 1. The molecule has 2 aromatic rings. The van der Waals surface area contributed by atoms with E-state index in [1.54, 1.807) is 25.3 Å². The molecule has 1 aromatic carbocycles. The largest absolute Gasteiger partial charge is 0.295 e. The Labute approximate surface area is 129 Å². The molecule has 0 radical (unpaired) electrons. The highest BCUT2D eigenvalue weighted by Crippen LogP contribution is 2.21. The van der Waals surface area contributed by atoms with Gasteiger partial charge in [-0.15, -0.1) is 0 Å². The molecule has 1 aromatic heterocycles. The summed E-state index contributed by atoms with van der Waals surface area (Å²) in [7, 11) is 3.58. The Morgan fingerprint density at radius 2 is 1.95 bits per heavy atom. The van der Waals surface area contributed by atoms with Crippen LogP contribution in [0.3, 0.4) is 0 Å². The Morgan fingerprint density at radius 1 is 1.29 bits per heavy atom. The van der Waals surface area contributed by atoms with Gasteiger partial charge in [-0.1, -0.05) is 17.8 Å². The van der Waals surface area contributed by atoms with Gasteiger partial charge in [0.05, 0.1) is 5.75 Å². The molecule has 0 aliphatic carbocycles. The van der Waals surface area contributed by atoms with Gasteiger partial charge in [0, 0.05) is 32.2 Å². The van der Waals surface area contributed by atoms with E-state index in [0.29, 0.717) is 5.75 Å². The standard InChI is InChI=1S/C15H20N4OS/c1-11-7-12(2)9-13(8-11)19-6-5-16-15(19)21-10-14(20)17-18(3)4/h5-9H,10H2,1-4H3,(H,17,20). The third kappa shape index (κ3) is 4.34. The van der Waals surface area contributed by atoms with Crippen molar-refractivity contribution in [2.45, 2.75) is 19.0 Å². The van der Waals surface area contributed by atoms with Gasteiger partial charge in [0.15, 0.2) is 5.16 Å². The molecule has 1 amide bonds. The average molecular weight is 304 g/mol. The maximum Gasteiger partial charge on any atom is 0.244 e. The number of rotatable bonds is 5. The molecule has 0 atom stereocenters. The maximum atomic E-state index is 11.7. The van der Waals surface area contributed by atoms with Gasteiger partial charge in [-0.2, -0.15) is 0 Å². The first-order valence-electron chi connectivity index (χ1n) is 6.67. The quantitative estimate of drug-likeness (QED) is 0.679. The topological polar surface area (TPSA) is 50.2 Å². The number of benzene rings is 1. The second-order valence-corrected chi connectivity index (χ2v) is 6.09. The van der Waals surface area contributed by atoms with E-state index >= 15 is 0 Å². The van der Waals surface area contributed by atoms with Crippen molar-refractivity contribution in [3.8, 4) is 5.69 Å². The first kappa shape index (κ1) is 15.6. The zero-order valence-electron chi connectivity index (χ0n) is 12.8. The number of hydrogen-bond acceptors (Lipinski definition) is 4. The second kappa shape index (κ2) is 6.78. The lowest BCUT2D eigenvalue weighted by Gasteiger charge is -2.12. The second-order valence-electron chi connectivity index (χ2n) is 5.14. The van der Waals surface area contributed by atoms with Crippen molar-refractivity contribution in [2.24, 2.45) is 0 Å². The van der Waals surface area contributed by atoms with Gasteiger partial charge in [-0.3, -0.25) is 14.8 Å². The minimum Gasteiger partial charge on any atom is -0.295 e. The summed E-state index contributed by atoms with van der Waals surface area (Å²) in [5, 5.41) is 2.45. The molecule has 112 valence electrons. The predicted molar refractivity (Wildman–Crippen MR) is 85.6 cm³/mol. The zero-order chi connectivity index (χ0) is 15.4. The third-order valence-electron chi connectivity index (χ3n) is 2.77. The van der Waals surface area contributed by atoms with E-state index in [9.17, 15) is 4.79 Å². The summed E-state index contributed by atoms with van der Waals surface area (Å²) < 4.78 is 2.01. The summed E-state index contributed by atoms with van der Waals surface area (Å²) in [4.78, 5) is 16.0. The molecule has 0 bridgehead atoms. The van der Waals surface area contributed by atoms with Gasteiger partial charge in [0.2, 0.25) is 5.91 Å². The van der Waals surface area contributed by atoms with Crippen LogP contribution in [0.4, 0.5) is 0 Å². The van der Waals surface area contributed by atoms with E-state index in [-0.39, 0.29) is 5.91 Å². The summed E-state index contributed by atoms with van der Waals surface area (Å²) in [5.74, 6) is 0.292. The molecule has 0 saturated carbocycles. The van der Waals surface area contributed by atoms with E-state index in [0.717, 1.165) is 10.8 Å². The average Bonchev–Trinajstić information content (AvgIpc) is 2.82. The molecule has 0 unspecified atom stereocenters. The van der Waals surface area contributed by atoms with Gasteiger partial charge in [-0.25, -0.2) is 9.99 Å². The molecule has 1 N–H and O–H groups in total. The van der Waals surface area contributed by atoms with Crippen molar-refractivity contribution < 1.29 is 4.79 Å². The van der Waals surface area contributed by atoms with E-state index in [1.807, 2.05) is 10.8 Å². The number of imidazole rings is 1. The molecule has 2 rings (SSSR count). The number of hydrazine groups is 1. The van der Waals surface area contributed by atoms with Crippen LogP contribution in [0.2, 0.25) is 0 Å². The monoisotopic (exact) mass is 304 g/mol. The summed E-state index contributed by atoms with van der Waals surface area (Å²) in [6.07, 6.45) is 3.67. The Bertz CT molecular complexity index is 616. The first-order valence-corrected chi connectivity index (χ1v) is 7.66. The summed E-state index contributed by atoms with van der Waals surface area (Å²) in [6.45, 7) is 4.15.